The Labute approximate surface area is 128 Å². The van der Waals surface area contributed by atoms with Gasteiger partial charge in [0.15, 0.2) is 5.82 Å². The zero-order chi connectivity index (χ0) is 15.4. The number of ether oxygens (including phenoxy) is 1. The van der Waals surface area contributed by atoms with Crippen LogP contribution in [0.1, 0.15) is 17.5 Å². The Balaban J connectivity index is 2.12. The van der Waals surface area contributed by atoms with Gasteiger partial charge in [-0.2, -0.15) is 0 Å². The summed E-state index contributed by atoms with van der Waals surface area (Å²) >= 11 is 0. The molecule has 110 valence electrons. The van der Waals surface area contributed by atoms with Gasteiger partial charge >= 0.3 is 5.97 Å². The monoisotopic (exact) mass is 293 g/mol. The maximum Gasteiger partial charge on any atom is 0.378 e. The standard InChI is InChI=1S/C17H15N3O2/c1-2-22-17(21)15-18-16(13-9-5-3-6-10-13)20(19-15)14-11-7-4-8-12-14/h3-12H,2H2,1H3. The smallest absolute Gasteiger partial charge is 0.378 e. The lowest BCUT2D eigenvalue weighted by Crippen LogP contribution is -2.07. The van der Waals surface area contributed by atoms with Crippen molar-refractivity contribution >= 4 is 5.97 Å². The Morgan fingerprint density at radius 1 is 1.05 bits per heavy atom. The molecule has 2 aromatic carbocycles. The van der Waals surface area contributed by atoms with Gasteiger partial charge in [0.1, 0.15) is 0 Å². The van der Waals surface area contributed by atoms with Crippen LogP contribution in [0.3, 0.4) is 0 Å². The number of benzene rings is 2. The Hall–Kier alpha value is -2.95. The fraction of sp³-hybridized carbons (Fsp3) is 0.118. The van der Waals surface area contributed by atoms with E-state index in [1.807, 2.05) is 60.7 Å². The lowest BCUT2D eigenvalue weighted by atomic mass is 10.2. The molecule has 0 unspecified atom stereocenters. The van der Waals surface area contributed by atoms with Crippen LogP contribution in [0.25, 0.3) is 17.1 Å². The Morgan fingerprint density at radius 3 is 2.32 bits per heavy atom. The maximum absolute atomic E-state index is 11.9. The molecule has 1 aromatic heterocycles. The van der Waals surface area contributed by atoms with Crippen molar-refractivity contribution in [3.05, 3.63) is 66.5 Å². The van der Waals surface area contributed by atoms with E-state index in [-0.39, 0.29) is 5.82 Å². The van der Waals surface area contributed by atoms with E-state index in [1.54, 1.807) is 11.6 Å². The molecule has 22 heavy (non-hydrogen) atoms. The third kappa shape index (κ3) is 2.74. The first-order valence-electron chi connectivity index (χ1n) is 7.04. The second kappa shape index (κ2) is 6.22. The number of hydrogen-bond donors (Lipinski definition) is 0. The van der Waals surface area contributed by atoms with Gasteiger partial charge in [0, 0.05) is 5.56 Å². The molecule has 0 aliphatic rings. The highest BCUT2D eigenvalue weighted by atomic mass is 16.5. The molecule has 3 aromatic rings. The van der Waals surface area contributed by atoms with Crippen LogP contribution in [0.5, 0.6) is 0 Å². The van der Waals surface area contributed by atoms with Crippen molar-refractivity contribution in [2.24, 2.45) is 0 Å². The first-order valence-corrected chi connectivity index (χ1v) is 7.04. The van der Waals surface area contributed by atoms with E-state index < -0.39 is 5.97 Å². The molecule has 0 radical (unpaired) electrons. The second-order valence-corrected chi connectivity index (χ2v) is 4.59. The van der Waals surface area contributed by atoms with Crippen LogP contribution < -0.4 is 0 Å². The highest BCUT2D eigenvalue weighted by molar-refractivity contribution is 5.85. The molecular weight excluding hydrogens is 278 g/mol. The first kappa shape index (κ1) is 14.0. The molecule has 0 saturated carbocycles. The predicted molar refractivity (Wildman–Crippen MR) is 82.8 cm³/mol. The molecular formula is C17H15N3O2. The molecule has 0 aliphatic heterocycles. The summed E-state index contributed by atoms with van der Waals surface area (Å²) in [6.45, 7) is 2.05. The summed E-state index contributed by atoms with van der Waals surface area (Å²) in [6.07, 6.45) is 0. The van der Waals surface area contributed by atoms with Gasteiger partial charge in [-0.1, -0.05) is 48.5 Å². The summed E-state index contributed by atoms with van der Waals surface area (Å²) in [5, 5.41) is 4.31. The van der Waals surface area contributed by atoms with Gasteiger partial charge in [-0.3, -0.25) is 0 Å². The number of hydrogen-bond acceptors (Lipinski definition) is 4. The number of para-hydroxylation sites is 1. The summed E-state index contributed by atoms with van der Waals surface area (Å²) < 4.78 is 6.65. The molecule has 1 heterocycles. The van der Waals surface area contributed by atoms with Gasteiger partial charge in [0.05, 0.1) is 12.3 Å². The van der Waals surface area contributed by atoms with Crippen LogP contribution in [0.4, 0.5) is 0 Å². The first-order chi connectivity index (χ1) is 10.8. The van der Waals surface area contributed by atoms with Crippen molar-refractivity contribution < 1.29 is 9.53 Å². The fourth-order valence-corrected chi connectivity index (χ4v) is 2.12. The SMILES string of the molecule is CCOC(=O)c1nc(-c2ccccc2)n(-c2ccccc2)n1. The van der Waals surface area contributed by atoms with Crippen LogP contribution in [0.2, 0.25) is 0 Å². The molecule has 0 bridgehead atoms. The second-order valence-electron chi connectivity index (χ2n) is 4.59. The van der Waals surface area contributed by atoms with Crippen molar-refractivity contribution in [3.8, 4) is 17.1 Å². The molecule has 3 rings (SSSR count). The van der Waals surface area contributed by atoms with Crippen LogP contribution >= 0.6 is 0 Å². The zero-order valence-electron chi connectivity index (χ0n) is 12.1. The van der Waals surface area contributed by atoms with Crippen LogP contribution in [0, 0.1) is 0 Å². The fourth-order valence-electron chi connectivity index (χ4n) is 2.12. The van der Waals surface area contributed by atoms with Crippen molar-refractivity contribution in [1.29, 1.82) is 0 Å². The summed E-state index contributed by atoms with van der Waals surface area (Å²) in [5.74, 6) is 0.147. The van der Waals surface area contributed by atoms with E-state index in [4.69, 9.17) is 4.74 Å². The van der Waals surface area contributed by atoms with Gasteiger partial charge in [0.25, 0.3) is 5.82 Å². The van der Waals surface area contributed by atoms with Crippen molar-refractivity contribution in [1.82, 2.24) is 14.8 Å². The van der Waals surface area contributed by atoms with Gasteiger partial charge in [-0.15, -0.1) is 5.10 Å². The number of rotatable bonds is 4. The molecule has 5 nitrogen and oxygen atoms in total. The van der Waals surface area contributed by atoms with E-state index in [2.05, 4.69) is 10.1 Å². The van der Waals surface area contributed by atoms with Gasteiger partial charge in [-0.25, -0.2) is 14.5 Å². The van der Waals surface area contributed by atoms with E-state index in [0.717, 1.165) is 11.3 Å². The van der Waals surface area contributed by atoms with E-state index in [0.29, 0.717) is 12.4 Å². The minimum Gasteiger partial charge on any atom is -0.460 e. The number of carbonyl (C=O) groups is 1. The average molecular weight is 293 g/mol. The largest absolute Gasteiger partial charge is 0.460 e. The summed E-state index contributed by atoms with van der Waals surface area (Å²) in [6, 6.07) is 19.2. The predicted octanol–water partition coefficient (Wildman–Crippen LogP) is 3.11. The quantitative estimate of drug-likeness (QED) is 0.694. The van der Waals surface area contributed by atoms with Crippen molar-refractivity contribution in [3.63, 3.8) is 0 Å². The number of aromatic nitrogens is 3. The molecule has 0 saturated heterocycles. The average Bonchev–Trinajstić information content (AvgIpc) is 3.02. The summed E-state index contributed by atoms with van der Waals surface area (Å²) in [5.41, 5.74) is 1.72. The van der Waals surface area contributed by atoms with Crippen LogP contribution in [-0.4, -0.2) is 27.3 Å². The van der Waals surface area contributed by atoms with E-state index >= 15 is 0 Å². The molecule has 5 heteroatoms. The number of nitrogens with zero attached hydrogens (tertiary/aromatic N) is 3. The molecule has 0 amide bonds. The molecule has 0 spiro atoms. The highest BCUT2D eigenvalue weighted by Gasteiger charge is 2.19. The topological polar surface area (TPSA) is 57.0 Å². The molecule has 0 fully saturated rings. The van der Waals surface area contributed by atoms with E-state index in [9.17, 15) is 4.79 Å². The normalized spacial score (nSPS) is 10.4. The number of carbonyl (C=O) groups excluding carboxylic acids is 1. The lowest BCUT2D eigenvalue weighted by molar-refractivity contribution is 0.0512. The van der Waals surface area contributed by atoms with Crippen LogP contribution in [-0.2, 0) is 4.74 Å². The maximum atomic E-state index is 11.9. The van der Waals surface area contributed by atoms with Gasteiger partial charge in [0.2, 0.25) is 0 Å². The zero-order valence-corrected chi connectivity index (χ0v) is 12.1. The Morgan fingerprint density at radius 2 is 1.68 bits per heavy atom. The van der Waals surface area contributed by atoms with Gasteiger partial charge in [-0.05, 0) is 19.1 Å². The van der Waals surface area contributed by atoms with Crippen molar-refractivity contribution in [2.75, 3.05) is 6.61 Å². The summed E-state index contributed by atoms with van der Waals surface area (Å²) in [4.78, 5) is 16.3. The Bertz CT molecular complexity index is 710. The molecule has 0 atom stereocenters. The van der Waals surface area contributed by atoms with E-state index in [1.165, 1.54) is 0 Å². The third-order valence-electron chi connectivity index (χ3n) is 3.10. The minimum absolute atomic E-state index is 0.0598. The minimum atomic E-state index is -0.519. The Kier molecular flexibility index (Phi) is 3.96. The molecule has 0 aliphatic carbocycles. The summed E-state index contributed by atoms with van der Waals surface area (Å²) in [7, 11) is 0. The number of esters is 1. The van der Waals surface area contributed by atoms with Crippen molar-refractivity contribution in [2.45, 2.75) is 6.92 Å². The third-order valence-corrected chi connectivity index (χ3v) is 3.10. The molecule has 0 N–H and O–H groups in total. The highest BCUT2D eigenvalue weighted by Crippen LogP contribution is 2.21. The van der Waals surface area contributed by atoms with Crippen LogP contribution in [0.15, 0.2) is 60.7 Å². The lowest BCUT2D eigenvalue weighted by Gasteiger charge is -2.05. The van der Waals surface area contributed by atoms with Gasteiger partial charge < -0.3 is 4.74 Å².